The van der Waals surface area contributed by atoms with Gasteiger partial charge >= 0.3 is 0 Å². The van der Waals surface area contributed by atoms with Gasteiger partial charge in [0.05, 0.1) is 0 Å². The summed E-state index contributed by atoms with van der Waals surface area (Å²) in [6.45, 7) is 0. The second kappa shape index (κ2) is 8.38. The number of thiazole rings is 1. The van der Waals surface area contributed by atoms with Gasteiger partial charge < -0.3 is 0 Å². The van der Waals surface area contributed by atoms with E-state index in [9.17, 15) is 4.79 Å². The topological polar surface area (TPSA) is 42.0 Å². The fourth-order valence-electron chi connectivity index (χ4n) is 2.91. The number of nitrogens with one attached hydrogen (secondary N) is 1. The molecule has 0 atom stereocenters. The minimum absolute atomic E-state index is 0.202. The maximum absolute atomic E-state index is 12.2. The van der Waals surface area contributed by atoms with Crippen LogP contribution in [-0.2, 0) is 11.2 Å². The third-order valence-corrected chi connectivity index (χ3v) is 5.59. The summed E-state index contributed by atoms with van der Waals surface area (Å²) >= 11 is 7.66. The third-order valence-electron chi connectivity index (χ3n) is 4.31. The zero-order valence-corrected chi connectivity index (χ0v) is 16.5. The Morgan fingerprint density at radius 1 is 1.04 bits per heavy atom. The van der Waals surface area contributed by atoms with E-state index in [-0.39, 0.29) is 5.91 Å². The number of fused-ring (bicyclic) bond motifs is 1. The summed E-state index contributed by atoms with van der Waals surface area (Å²) in [7, 11) is 0. The number of carbonyl (C=O) groups excluding carboxylic acids is 1. The molecule has 4 rings (SSSR count). The van der Waals surface area contributed by atoms with Crippen molar-refractivity contribution in [1.82, 2.24) is 4.98 Å². The summed E-state index contributed by atoms with van der Waals surface area (Å²) in [4.78, 5) is 17.5. The highest BCUT2D eigenvalue weighted by Gasteiger charge is 2.07. The van der Waals surface area contributed by atoms with Gasteiger partial charge in [0.1, 0.15) is 0 Å². The molecule has 0 spiro atoms. The molecular formula is C23H17ClN2OS. The first-order valence-electron chi connectivity index (χ1n) is 8.83. The number of hydrogen-bond donors (Lipinski definition) is 1. The number of carbonyl (C=O) groups is 1. The molecule has 1 aromatic heterocycles. The maximum Gasteiger partial charge on any atom is 0.250 e. The van der Waals surface area contributed by atoms with E-state index >= 15 is 0 Å². The number of halogens is 1. The van der Waals surface area contributed by atoms with Crippen molar-refractivity contribution in [3.63, 3.8) is 0 Å². The van der Waals surface area contributed by atoms with Gasteiger partial charge in [0, 0.05) is 28.6 Å². The Bertz CT molecular complexity index is 1170. The smallest absolute Gasteiger partial charge is 0.250 e. The van der Waals surface area contributed by atoms with Crippen molar-refractivity contribution in [1.29, 1.82) is 0 Å². The average molecular weight is 405 g/mol. The molecule has 0 bridgehead atoms. The normalized spacial score (nSPS) is 11.2. The molecule has 5 heteroatoms. The monoisotopic (exact) mass is 404 g/mol. The van der Waals surface area contributed by atoms with Gasteiger partial charge in [0.2, 0.25) is 5.91 Å². The highest BCUT2D eigenvalue weighted by molar-refractivity contribution is 7.15. The van der Waals surface area contributed by atoms with E-state index in [1.54, 1.807) is 12.3 Å². The number of aromatic nitrogens is 1. The van der Waals surface area contributed by atoms with Crippen molar-refractivity contribution in [2.45, 2.75) is 6.42 Å². The SMILES string of the molecule is O=C(C=Cc1ccc2ccccc2c1)Nc1ncc(Cc2ccccc2Cl)s1. The fourth-order valence-corrected chi connectivity index (χ4v) is 3.95. The average Bonchev–Trinajstić information content (AvgIpc) is 3.15. The minimum Gasteiger partial charge on any atom is -0.298 e. The molecule has 0 aliphatic heterocycles. The number of amides is 1. The van der Waals surface area contributed by atoms with Gasteiger partial charge in [-0.15, -0.1) is 11.3 Å². The first-order valence-corrected chi connectivity index (χ1v) is 10.0. The molecule has 4 aromatic rings. The summed E-state index contributed by atoms with van der Waals surface area (Å²) in [6.07, 6.45) is 5.80. The number of benzene rings is 3. The van der Waals surface area contributed by atoms with E-state index in [1.807, 2.05) is 42.5 Å². The second-order valence-electron chi connectivity index (χ2n) is 6.33. The lowest BCUT2D eigenvalue weighted by Gasteiger charge is -2.01. The number of hydrogen-bond acceptors (Lipinski definition) is 3. The quantitative estimate of drug-likeness (QED) is 0.403. The third kappa shape index (κ3) is 4.47. The first kappa shape index (κ1) is 18.4. The van der Waals surface area contributed by atoms with E-state index < -0.39 is 0 Å². The lowest BCUT2D eigenvalue weighted by molar-refractivity contribution is -0.111. The van der Waals surface area contributed by atoms with Gasteiger partial charge in [-0.1, -0.05) is 66.2 Å². The number of nitrogens with zero attached hydrogens (tertiary/aromatic N) is 1. The second-order valence-corrected chi connectivity index (χ2v) is 7.85. The molecule has 1 amide bonds. The van der Waals surface area contributed by atoms with Gasteiger partial charge in [-0.05, 0) is 40.1 Å². The Labute approximate surface area is 172 Å². The van der Waals surface area contributed by atoms with Gasteiger partial charge in [-0.3, -0.25) is 10.1 Å². The molecule has 0 aliphatic carbocycles. The van der Waals surface area contributed by atoms with Crippen LogP contribution in [0, 0.1) is 0 Å². The van der Waals surface area contributed by atoms with Crippen LogP contribution in [0.5, 0.6) is 0 Å². The van der Waals surface area contributed by atoms with E-state index in [1.165, 1.54) is 22.8 Å². The Balaban J connectivity index is 1.40. The van der Waals surface area contributed by atoms with Crippen LogP contribution in [-0.4, -0.2) is 10.9 Å². The van der Waals surface area contributed by atoms with E-state index in [0.717, 1.165) is 26.4 Å². The Hall–Kier alpha value is -2.95. The molecule has 0 radical (unpaired) electrons. The van der Waals surface area contributed by atoms with E-state index in [0.29, 0.717) is 11.6 Å². The molecule has 0 fully saturated rings. The van der Waals surface area contributed by atoms with Crippen molar-refractivity contribution in [2.75, 3.05) is 5.32 Å². The van der Waals surface area contributed by atoms with Crippen molar-refractivity contribution in [2.24, 2.45) is 0 Å². The van der Waals surface area contributed by atoms with Crippen LogP contribution in [0.2, 0.25) is 5.02 Å². The van der Waals surface area contributed by atoms with Crippen molar-refractivity contribution in [3.8, 4) is 0 Å². The predicted octanol–water partition coefficient (Wildman–Crippen LogP) is 6.19. The summed E-state index contributed by atoms with van der Waals surface area (Å²) < 4.78 is 0. The van der Waals surface area contributed by atoms with Crippen LogP contribution < -0.4 is 5.32 Å². The van der Waals surface area contributed by atoms with Gasteiger partial charge in [-0.2, -0.15) is 0 Å². The molecule has 3 aromatic carbocycles. The van der Waals surface area contributed by atoms with Crippen LogP contribution in [0.4, 0.5) is 5.13 Å². The highest BCUT2D eigenvalue weighted by atomic mass is 35.5. The molecule has 0 saturated heterocycles. The maximum atomic E-state index is 12.2. The first-order chi connectivity index (χ1) is 13.7. The summed E-state index contributed by atoms with van der Waals surface area (Å²) in [5.41, 5.74) is 2.02. The molecule has 3 nitrogen and oxygen atoms in total. The molecule has 0 aliphatic rings. The highest BCUT2D eigenvalue weighted by Crippen LogP contribution is 2.24. The molecule has 1 N–H and O–H groups in total. The van der Waals surface area contributed by atoms with Crippen LogP contribution in [0.15, 0.2) is 79.0 Å². The Morgan fingerprint density at radius 2 is 1.82 bits per heavy atom. The van der Waals surface area contributed by atoms with Crippen LogP contribution in [0.1, 0.15) is 16.0 Å². The molecule has 138 valence electrons. The van der Waals surface area contributed by atoms with Crippen LogP contribution in [0.25, 0.3) is 16.8 Å². The predicted molar refractivity (Wildman–Crippen MR) is 118 cm³/mol. The molecular weight excluding hydrogens is 388 g/mol. The molecule has 28 heavy (non-hydrogen) atoms. The van der Waals surface area contributed by atoms with E-state index in [4.69, 9.17) is 11.6 Å². The van der Waals surface area contributed by atoms with Crippen molar-refractivity contribution >= 4 is 50.8 Å². The fraction of sp³-hybridized carbons (Fsp3) is 0.0435. The Kier molecular flexibility index (Phi) is 5.51. The van der Waals surface area contributed by atoms with Crippen molar-refractivity contribution in [3.05, 3.63) is 100 Å². The zero-order valence-electron chi connectivity index (χ0n) is 14.9. The summed E-state index contributed by atoms with van der Waals surface area (Å²) in [5, 5.41) is 6.46. The van der Waals surface area contributed by atoms with Crippen molar-refractivity contribution < 1.29 is 4.79 Å². The molecule has 0 saturated carbocycles. The van der Waals surface area contributed by atoms with Crippen LogP contribution in [0.3, 0.4) is 0 Å². The Morgan fingerprint density at radius 3 is 2.68 bits per heavy atom. The summed E-state index contributed by atoms with van der Waals surface area (Å²) in [6, 6.07) is 22.0. The lowest BCUT2D eigenvalue weighted by atomic mass is 10.1. The summed E-state index contributed by atoms with van der Waals surface area (Å²) in [5.74, 6) is -0.202. The standard InChI is InChI=1S/C23H17ClN2OS/c24-21-8-4-3-7-19(21)14-20-15-25-23(28-20)26-22(27)12-10-16-9-11-17-5-1-2-6-18(17)13-16/h1-13,15H,14H2,(H,25,26,27). The van der Waals surface area contributed by atoms with E-state index in [2.05, 4.69) is 34.6 Å². The van der Waals surface area contributed by atoms with Gasteiger partial charge in [0.15, 0.2) is 5.13 Å². The lowest BCUT2D eigenvalue weighted by Crippen LogP contribution is -2.07. The number of rotatable bonds is 5. The van der Waals surface area contributed by atoms with Gasteiger partial charge in [-0.25, -0.2) is 4.98 Å². The molecule has 1 heterocycles. The zero-order chi connectivity index (χ0) is 19.3. The van der Waals surface area contributed by atoms with Crippen LogP contribution >= 0.6 is 22.9 Å². The van der Waals surface area contributed by atoms with Gasteiger partial charge in [0.25, 0.3) is 0 Å². The largest absolute Gasteiger partial charge is 0.298 e. The molecule has 0 unspecified atom stereocenters. The number of anilines is 1. The minimum atomic E-state index is -0.202.